The molecule has 2 heterocycles. The molecule has 0 aliphatic rings. The van der Waals surface area contributed by atoms with Crippen LogP contribution in [-0.4, -0.2) is 21.7 Å². The third-order valence-corrected chi connectivity index (χ3v) is 2.59. The normalized spacial score (nSPS) is 10.8. The highest BCUT2D eigenvalue weighted by Gasteiger charge is 1.99. The van der Waals surface area contributed by atoms with Crippen LogP contribution in [0.25, 0.3) is 0 Å². The fourth-order valence-electron chi connectivity index (χ4n) is 1.39. The minimum Gasteiger partial charge on any atom is -0.453 e. The predicted octanol–water partition coefficient (Wildman–Crippen LogP) is 1.88. The van der Waals surface area contributed by atoms with E-state index in [0.29, 0.717) is 0 Å². The van der Waals surface area contributed by atoms with Crippen LogP contribution < -0.4 is 5.32 Å². The second kappa shape index (κ2) is 5.81. The highest BCUT2D eigenvalue weighted by atomic mass is 79.9. The summed E-state index contributed by atoms with van der Waals surface area (Å²) in [5.41, 5.74) is 0. The van der Waals surface area contributed by atoms with E-state index in [1.165, 1.54) is 6.33 Å². The lowest BCUT2D eigenvalue weighted by atomic mass is 10.3. The number of hydrogen-bond donors (Lipinski definition) is 2. The van der Waals surface area contributed by atoms with E-state index >= 15 is 0 Å². The molecule has 2 N–H and O–H groups in total. The van der Waals surface area contributed by atoms with Crippen molar-refractivity contribution in [3.63, 3.8) is 0 Å². The Labute approximate surface area is 102 Å². The molecule has 0 atom stereocenters. The maximum Gasteiger partial charge on any atom is 0.169 e. The number of aromatic amines is 1. The minimum atomic E-state index is 0.752. The summed E-state index contributed by atoms with van der Waals surface area (Å²) < 4.78 is 6.13. The van der Waals surface area contributed by atoms with Crippen LogP contribution in [0.4, 0.5) is 0 Å². The third-order valence-electron chi connectivity index (χ3n) is 2.16. The van der Waals surface area contributed by atoms with Crippen molar-refractivity contribution in [1.29, 1.82) is 0 Å². The van der Waals surface area contributed by atoms with Crippen LogP contribution in [0.3, 0.4) is 0 Å². The van der Waals surface area contributed by atoms with Gasteiger partial charge in [-0.2, -0.15) is 5.10 Å². The molecule has 6 heteroatoms. The minimum absolute atomic E-state index is 0.752. The van der Waals surface area contributed by atoms with Gasteiger partial charge in [0.2, 0.25) is 0 Å². The van der Waals surface area contributed by atoms with Crippen molar-refractivity contribution in [3.05, 3.63) is 34.7 Å². The topological polar surface area (TPSA) is 66.7 Å². The van der Waals surface area contributed by atoms with Gasteiger partial charge in [0.05, 0.1) is 6.54 Å². The fourth-order valence-corrected chi connectivity index (χ4v) is 1.73. The van der Waals surface area contributed by atoms with E-state index in [4.69, 9.17) is 4.42 Å². The smallest absolute Gasteiger partial charge is 0.169 e. The van der Waals surface area contributed by atoms with E-state index in [9.17, 15) is 0 Å². The number of furan rings is 1. The fraction of sp³-hybridized carbons (Fsp3) is 0.400. The highest BCUT2D eigenvalue weighted by Crippen LogP contribution is 2.13. The number of rotatable bonds is 6. The Morgan fingerprint density at radius 1 is 1.44 bits per heavy atom. The molecule has 0 aromatic carbocycles. The third kappa shape index (κ3) is 3.46. The van der Waals surface area contributed by atoms with E-state index in [1.807, 2.05) is 12.1 Å². The van der Waals surface area contributed by atoms with Gasteiger partial charge in [0.1, 0.15) is 17.9 Å². The molecule has 0 aliphatic heterocycles. The van der Waals surface area contributed by atoms with Crippen molar-refractivity contribution in [2.24, 2.45) is 0 Å². The van der Waals surface area contributed by atoms with E-state index in [1.54, 1.807) is 0 Å². The van der Waals surface area contributed by atoms with E-state index < -0.39 is 0 Å². The second-order valence-corrected chi connectivity index (χ2v) is 4.20. The van der Waals surface area contributed by atoms with Crippen LogP contribution in [0, 0.1) is 0 Å². The van der Waals surface area contributed by atoms with Crippen LogP contribution >= 0.6 is 15.9 Å². The molecule has 2 aromatic heterocycles. The molecule has 0 saturated heterocycles. The summed E-state index contributed by atoms with van der Waals surface area (Å²) in [7, 11) is 0. The Hall–Kier alpha value is -1.14. The summed E-state index contributed by atoms with van der Waals surface area (Å²) in [4.78, 5) is 4.06. The van der Waals surface area contributed by atoms with Gasteiger partial charge in [0.15, 0.2) is 4.67 Å². The Morgan fingerprint density at radius 3 is 3.06 bits per heavy atom. The van der Waals surface area contributed by atoms with Crippen molar-refractivity contribution in [3.8, 4) is 0 Å². The van der Waals surface area contributed by atoms with Crippen LogP contribution in [0.1, 0.15) is 18.0 Å². The average molecular weight is 285 g/mol. The first-order valence-electron chi connectivity index (χ1n) is 5.14. The molecule has 0 saturated carbocycles. The van der Waals surface area contributed by atoms with Gasteiger partial charge in [-0.1, -0.05) is 0 Å². The summed E-state index contributed by atoms with van der Waals surface area (Å²) >= 11 is 3.27. The Morgan fingerprint density at radius 2 is 2.38 bits per heavy atom. The maximum atomic E-state index is 5.36. The SMILES string of the molecule is Brc1ccc(CNCCCc2ncn[nH]2)o1. The quantitative estimate of drug-likeness (QED) is 0.795. The molecule has 86 valence electrons. The lowest BCUT2D eigenvalue weighted by Gasteiger charge is -2.00. The largest absolute Gasteiger partial charge is 0.453 e. The van der Waals surface area contributed by atoms with Crippen molar-refractivity contribution >= 4 is 15.9 Å². The van der Waals surface area contributed by atoms with Crippen molar-refractivity contribution < 1.29 is 4.42 Å². The van der Waals surface area contributed by atoms with Gasteiger partial charge in [0, 0.05) is 6.42 Å². The molecule has 2 aromatic rings. The zero-order valence-corrected chi connectivity index (χ0v) is 10.3. The number of nitrogens with zero attached hydrogens (tertiary/aromatic N) is 2. The second-order valence-electron chi connectivity index (χ2n) is 3.42. The van der Waals surface area contributed by atoms with Gasteiger partial charge in [0.25, 0.3) is 0 Å². The highest BCUT2D eigenvalue weighted by molar-refractivity contribution is 9.10. The molecule has 0 fully saturated rings. The first kappa shape index (κ1) is 11.3. The lowest BCUT2D eigenvalue weighted by molar-refractivity contribution is 0.463. The van der Waals surface area contributed by atoms with Crippen LogP contribution in [-0.2, 0) is 13.0 Å². The number of aromatic nitrogens is 3. The van der Waals surface area contributed by atoms with Crippen LogP contribution in [0.15, 0.2) is 27.5 Å². The molecule has 5 nitrogen and oxygen atoms in total. The van der Waals surface area contributed by atoms with Crippen molar-refractivity contribution in [1.82, 2.24) is 20.5 Å². The van der Waals surface area contributed by atoms with E-state index in [2.05, 4.69) is 36.4 Å². The van der Waals surface area contributed by atoms with Crippen LogP contribution in [0.5, 0.6) is 0 Å². The first-order valence-corrected chi connectivity index (χ1v) is 5.93. The zero-order valence-electron chi connectivity index (χ0n) is 8.74. The number of halogens is 1. The van der Waals surface area contributed by atoms with Gasteiger partial charge < -0.3 is 9.73 Å². The molecule has 0 bridgehead atoms. The predicted molar refractivity (Wildman–Crippen MR) is 62.8 cm³/mol. The van der Waals surface area contributed by atoms with Gasteiger partial charge in [-0.3, -0.25) is 5.10 Å². The average Bonchev–Trinajstić information content (AvgIpc) is 2.89. The summed E-state index contributed by atoms with van der Waals surface area (Å²) in [6, 6.07) is 3.85. The lowest BCUT2D eigenvalue weighted by Crippen LogP contribution is -2.15. The molecular formula is C10H13BrN4O. The molecule has 0 amide bonds. The molecule has 0 unspecified atom stereocenters. The summed E-state index contributed by atoms with van der Waals surface area (Å²) in [5.74, 6) is 1.87. The Bertz CT molecular complexity index is 412. The zero-order chi connectivity index (χ0) is 11.2. The maximum absolute atomic E-state index is 5.36. The summed E-state index contributed by atoms with van der Waals surface area (Å²) in [5, 5.41) is 9.93. The molecule has 0 spiro atoms. The molecule has 0 radical (unpaired) electrons. The van der Waals surface area contributed by atoms with Crippen molar-refractivity contribution in [2.45, 2.75) is 19.4 Å². The number of H-pyrrole nitrogens is 1. The van der Waals surface area contributed by atoms with Gasteiger partial charge in [-0.15, -0.1) is 0 Å². The first-order chi connectivity index (χ1) is 7.84. The standard InChI is InChI=1S/C10H13BrN4O/c11-9-4-3-8(16-9)6-12-5-1-2-10-13-7-14-15-10/h3-4,7,12H,1-2,5-6H2,(H,13,14,15). The summed E-state index contributed by atoms with van der Waals surface area (Å²) in [6.45, 7) is 1.68. The summed E-state index contributed by atoms with van der Waals surface area (Å²) in [6.07, 6.45) is 3.47. The number of nitrogens with one attached hydrogen (secondary N) is 2. The molecule has 2 rings (SSSR count). The van der Waals surface area contributed by atoms with Gasteiger partial charge in [-0.25, -0.2) is 4.98 Å². The Balaban J connectivity index is 1.59. The van der Waals surface area contributed by atoms with Crippen LogP contribution in [0.2, 0.25) is 0 Å². The number of hydrogen-bond acceptors (Lipinski definition) is 4. The molecule has 16 heavy (non-hydrogen) atoms. The van der Waals surface area contributed by atoms with E-state index in [-0.39, 0.29) is 0 Å². The van der Waals surface area contributed by atoms with E-state index in [0.717, 1.165) is 42.2 Å². The molecule has 0 aliphatic carbocycles. The van der Waals surface area contributed by atoms with Gasteiger partial charge in [-0.05, 0) is 41.0 Å². The number of aryl methyl sites for hydroxylation is 1. The van der Waals surface area contributed by atoms with Gasteiger partial charge >= 0.3 is 0 Å². The Kier molecular flexibility index (Phi) is 4.12. The monoisotopic (exact) mass is 284 g/mol. The molecular weight excluding hydrogens is 272 g/mol. The van der Waals surface area contributed by atoms with Crippen molar-refractivity contribution in [2.75, 3.05) is 6.54 Å².